The number of nitrogens with zero attached hydrogens (tertiary/aromatic N) is 2. The molecule has 0 atom stereocenters. The van der Waals surface area contributed by atoms with Crippen molar-refractivity contribution in [2.24, 2.45) is 5.92 Å². The van der Waals surface area contributed by atoms with E-state index in [-0.39, 0.29) is 6.03 Å². The Morgan fingerprint density at radius 3 is 2.66 bits per heavy atom. The van der Waals surface area contributed by atoms with E-state index in [2.05, 4.69) is 44.8 Å². The summed E-state index contributed by atoms with van der Waals surface area (Å²) in [6.45, 7) is 4.12. The molecule has 1 aliphatic carbocycles. The second-order valence-corrected chi connectivity index (χ2v) is 8.72. The fourth-order valence-corrected chi connectivity index (χ4v) is 4.91. The monoisotopic (exact) mass is 394 g/mol. The van der Waals surface area contributed by atoms with E-state index in [0.717, 1.165) is 49.2 Å². The van der Waals surface area contributed by atoms with Gasteiger partial charge in [0.15, 0.2) is 0 Å². The summed E-state index contributed by atoms with van der Waals surface area (Å²) in [4.78, 5) is 19.4. The highest BCUT2D eigenvalue weighted by molar-refractivity contribution is 5.81. The molecule has 1 aromatic carbocycles. The summed E-state index contributed by atoms with van der Waals surface area (Å²) < 4.78 is 0. The van der Waals surface area contributed by atoms with Gasteiger partial charge in [-0.1, -0.05) is 43.5 Å². The number of likely N-dealkylation sites (tertiary alicyclic amines) is 1. The minimum Gasteiger partial charge on any atom is -0.338 e. The second kappa shape index (κ2) is 10.1. The van der Waals surface area contributed by atoms with Crippen molar-refractivity contribution in [3.05, 3.63) is 42.1 Å². The van der Waals surface area contributed by atoms with Crippen LogP contribution in [0.4, 0.5) is 4.79 Å². The third kappa shape index (κ3) is 5.69. The molecule has 2 amide bonds. The number of amides is 2. The third-order valence-corrected chi connectivity index (χ3v) is 6.56. The van der Waals surface area contributed by atoms with Crippen molar-refractivity contribution in [3.8, 4) is 0 Å². The lowest BCUT2D eigenvalue weighted by molar-refractivity contribution is 0.155. The molecule has 2 fully saturated rings. The van der Waals surface area contributed by atoms with Crippen molar-refractivity contribution >= 4 is 16.9 Å². The molecule has 1 aliphatic heterocycles. The maximum Gasteiger partial charge on any atom is 0.315 e. The Morgan fingerprint density at radius 1 is 1.03 bits per heavy atom. The first-order valence-corrected chi connectivity index (χ1v) is 11.4. The SMILES string of the molecule is O=C(NCCc1cccc2cccnc12)NC1CCN(CC2CCCCC2)CC1. The third-order valence-electron chi connectivity index (χ3n) is 6.56. The van der Waals surface area contributed by atoms with E-state index in [1.165, 1.54) is 44.2 Å². The zero-order valence-corrected chi connectivity index (χ0v) is 17.4. The second-order valence-electron chi connectivity index (χ2n) is 8.72. The lowest BCUT2D eigenvalue weighted by Crippen LogP contribution is -2.48. The lowest BCUT2D eigenvalue weighted by atomic mass is 9.88. The maximum absolute atomic E-state index is 12.3. The van der Waals surface area contributed by atoms with Gasteiger partial charge in [0.05, 0.1) is 5.52 Å². The van der Waals surface area contributed by atoms with Crippen LogP contribution in [0.5, 0.6) is 0 Å². The highest BCUT2D eigenvalue weighted by Crippen LogP contribution is 2.25. The van der Waals surface area contributed by atoms with Crippen LogP contribution in [0.25, 0.3) is 10.9 Å². The zero-order chi connectivity index (χ0) is 19.9. The Balaban J connectivity index is 1.16. The Morgan fingerprint density at radius 2 is 1.83 bits per heavy atom. The molecule has 2 N–H and O–H groups in total. The van der Waals surface area contributed by atoms with Crippen molar-refractivity contribution in [1.29, 1.82) is 0 Å². The van der Waals surface area contributed by atoms with Crippen molar-refractivity contribution in [2.45, 2.75) is 57.4 Å². The van der Waals surface area contributed by atoms with E-state index in [9.17, 15) is 4.79 Å². The Kier molecular flexibility index (Phi) is 6.99. The minimum absolute atomic E-state index is 0.0380. The van der Waals surface area contributed by atoms with Gasteiger partial charge in [0.1, 0.15) is 0 Å². The van der Waals surface area contributed by atoms with Gasteiger partial charge in [-0.25, -0.2) is 4.79 Å². The Labute approximate surface area is 174 Å². The number of pyridine rings is 1. The van der Waals surface area contributed by atoms with Crippen molar-refractivity contribution in [3.63, 3.8) is 0 Å². The first-order chi connectivity index (χ1) is 14.3. The van der Waals surface area contributed by atoms with Gasteiger partial charge in [0, 0.05) is 43.8 Å². The molecule has 29 heavy (non-hydrogen) atoms. The minimum atomic E-state index is -0.0380. The lowest BCUT2D eigenvalue weighted by Gasteiger charge is -2.35. The van der Waals surface area contributed by atoms with Crippen LogP contribution in [-0.4, -0.2) is 48.1 Å². The summed E-state index contributed by atoms with van der Waals surface area (Å²) in [6.07, 6.45) is 11.8. The molecule has 0 spiro atoms. The van der Waals surface area contributed by atoms with E-state index in [4.69, 9.17) is 0 Å². The number of rotatable bonds is 6. The Hall–Kier alpha value is -2.14. The number of benzene rings is 1. The summed E-state index contributed by atoms with van der Waals surface area (Å²) in [6, 6.07) is 10.5. The van der Waals surface area contributed by atoms with Crippen molar-refractivity contribution in [1.82, 2.24) is 20.5 Å². The van der Waals surface area contributed by atoms with Gasteiger partial charge < -0.3 is 15.5 Å². The summed E-state index contributed by atoms with van der Waals surface area (Å²) >= 11 is 0. The van der Waals surface area contributed by atoms with Crippen LogP contribution in [0, 0.1) is 5.92 Å². The number of hydrogen-bond donors (Lipinski definition) is 2. The normalized spacial score (nSPS) is 19.3. The van der Waals surface area contributed by atoms with Gasteiger partial charge in [-0.15, -0.1) is 0 Å². The molecular weight excluding hydrogens is 360 g/mol. The summed E-state index contributed by atoms with van der Waals surface area (Å²) in [7, 11) is 0. The van der Waals surface area contributed by atoms with Gasteiger partial charge in [0.2, 0.25) is 0 Å². The molecule has 0 radical (unpaired) electrons. The van der Waals surface area contributed by atoms with E-state index < -0.39 is 0 Å². The molecule has 2 aromatic rings. The quantitative estimate of drug-likeness (QED) is 0.775. The number of hydrogen-bond acceptors (Lipinski definition) is 3. The van der Waals surface area contributed by atoms with E-state index in [0.29, 0.717) is 12.6 Å². The van der Waals surface area contributed by atoms with Crippen LogP contribution < -0.4 is 10.6 Å². The fourth-order valence-electron chi connectivity index (χ4n) is 4.91. The molecule has 1 saturated heterocycles. The topological polar surface area (TPSA) is 57.3 Å². The fraction of sp³-hybridized carbons (Fsp3) is 0.583. The zero-order valence-electron chi connectivity index (χ0n) is 17.4. The smallest absolute Gasteiger partial charge is 0.315 e. The van der Waals surface area contributed by atoms with Crippen LogP contribution in [0.2, 0.25) is 0 Å². The van der Waals surface area contributed by atoms with E-state index in [1.807, 2.05) is 12.3 Å². The Bertz CT molecular complexity index is 789. The number of para-hydroxylation sites is 1. The molecule has 1 aromatic heterocycles. The van der Waals surface area contributed by atoms with E-state index >= 15 is 0 Å². The summed E-state index contributed by atoms with van der Waals surface area (Å²) in [5.41, 5.74) is 2.21. The van der Waals surface area contributed by atoms with Crippen LogP contribution in [0.15, 0.2) is 36.5 Å². The predicted octanol–water partition coefficient (Wildman–Crippen LogP) is 4.12. The molecular formula is C24H34N4O. The number of carbonyl (C=O) groups is 1. The molecule has 2 aliphatic rings. The van der Waals surface area contributed by atoms with Crippen LogP contribution in [-0.2, 0) is 6.42 Å². The number of urea groups is 1. The highest BCUT2D eigenvalue weighted by Gasteiger charge is 2.23. The molecule has 0 bridgehead atoms. The van der Waals surface area contributed by atoms with Crippen molar-refractivity contribution in [2.75, 3.05) is 26.2 Å². The average molecular weight is 395 g/mol. The first-order valence-electron chi connectivity index (χ1n) is 11.4. The number of carbonyl (C=O) groups excluding carboxylic acids is 1. The van der Waals surface area contributed by atoms with E-state index in [1.54, 1.807) is 0 Å². The number of nitrogens with one attached hydrogen (secondary N) is 2. The maximum atomic E-state index is 12.3. The van der Waals surface area contributed by atoms with Crippen LogP contribution in [0.1, 0.15) is 50.5 Å². The number of fused-ring (bicyclic) bond motifs is 1. The largest absolute Gasteiger partial charge is 0.338 e. The molecule has 1 saturated carbocycles. The molecule has 0 unspecified atom stereocenters. The highest BCUT2D eigenvalue weighted by atomic mass is 16.2. The van der Waals surface area contributed by atoms with Crippen LogP contribution in [0.3, 0.4) is 0 Å². The van der Waals surface area contributed by atoms with Crippen molar-refractivity contribution < 1.29 is 4.79 Å². The standard InChI is InChI=1S/C24H34N4O/c29-24(26-15-11-21-9-4-8-20-10-5-14-25-23(20)21)27-22-12-16-28(17-13-22)18-19-6-2-1-3-7-19/h4-5,8-10,14,19,22H,1-3,6-7,11-13,15-18H2,(H2,26,27,29). The average Bonchev–Trinajstić information content (AvgIpc) is 2.76. The molecule has 5 heteroatoms. The molecule has 156 valence electrons. The first kappa shape index (κ1) is 20.1. The van der Waals surface area contributed by atoms with Gasteiger partial charge >= 0.3 is 6.03 Å². The van der Waals surface area contributed by atoms with Gasteiger partial charge in [0.25, 0.3) is 0 Å². The summed E-state index contributed by atoms with van der Waals surface area (Å²) in [5.74, 6) is 0.903. The predicted molar refractivity (Wildman–Crippen MR) is 118 cm³/mol. The molecule has 2 heterocycles. The van der Waals surface area contributed by atoms with Gasteiger partial charge in [-0.3, -0.25) is 4.98 Å². The van der Waals surface area contributed by atoms with Crippen LogP contribution >= 0.6 is 0 Å². The number of piperidine rings is 1. The molecule has 5 nitrogen and oxygen atoms in total. The summed E-state index contributed by atoms with van der Waals surface area (Å²) in [5, 5.41) is 7.35. The van der Waals surface area contributed by atoms with Gasteiger partial charge in [-0.05, 0) is 49.7 Å². The molecule has 4 rings (SSSR count). The van der Waals surface area contributed by atoms with Gasteiger partial charge in [-0.2, -0.15) is 0 Å². The number of aromatic nitrogens is 1.